The summed E-state index contributed by atoms with van der Waals surface area (Å²) in [6.07, 6.45) is 3.90. The molecular weight excluding hydrogens is 324 g/mol. The highest BCUT2D eigenvalue weighted by Gasteiger charge is 2.36. The Morgan fingerprint density at radius 2 is 2.18 bits per heavy atom. The highest BCUT2D eigenvalue weighted by atomic mass is 35.5. The molecule has 1 fully saturated rings. The molecule has 1 aromatic carbocycles. The van der Waals surface area contributed by atoms with Gasteiger partial charge >= 0.3 is 0 Å². The van der Waals surface area contributed by atoms with Crippen LogP contribution in [0.2, 0.25) is 5.02 Å². The predicted octanol–water partition coefficient (Wildman–Crippen LogP) is 2.68. The van der Waals surface area contributed by atoms with E-state index in [4.69, 9.17) is 11.6 Å². The van der Waals surface area contributed by atoms with E-state index < -0.39 is 10.0 Å². The van der Waals surface area contributed by atoms with Crippen LogP contribution in [-0.4, -0.2) is 34.4 Å². The molecule has 1 aliphatic heterocycles. The summed E-state index contributed by atoms with van der Waals surface area (Å²) >= 11 is 6.16. The number of rotatable bonds is 3. The van der Waals surface area contributed by atoms with Crippen molar-refractivity contribution in [1.82, 2.24) is 19.5 Å². The van der Waals surface area contributed by atoms with Crippen LogP contribution in [0.4, 0.5) is 0 Å². The minimum Gasteiger partial charge on any atom is -0.262 e. The lowest BCUT2D eigenvalue weighted by atomic mass is 10.0. The lowest BCUT2D eigenvalue weighted by Crippen LogP contribution is -2.39. The van der Waals surface area contributed by atoms with E-state index in [0.717, 1.165) is 24.8 Å². The van der Waals surface area contributed by atoms with Gasteiger partial charge in [-0.1, -0.05) is 24.1 Å². The molecule has 0 saturated carbocycles. The van der Waals surface area contributed by atoms with Crippen LogP contribution >= 0.6 is 11.6 Å². The molecule has 0 bridgehead atoms. The van der Waals surface area contributed by atoms with E-state index in [0.29, 0.717) is 12.4 Å². The number of nitrogens with one attached hydrogen (secondary N) is 1. The van der Waals surface area contributed by atoms with Gasteiger partial charge in [-0.2, -0.15) is 9.40 Å². The average molecular weight is 341 g/mol. The monoisotopic (exact) mass is 340 g/mol. The van der Waals surface area contributed by atoms with Crippen molar-refractivity contribution in [3.05, 3.63) is 40.9 Å². The number of aromatic amines is 1. The highest BCUT2D eigenvalue weighted by Crippen LogP contribution is 2.35. The number of aromatic nitrogens is 3. The molecule has 0 unspecified atom stereocenters. The van der Waals surface area contributed by atoms with Gasteiger partial charge in [0.25, 0.3) is 0 Å². The number of hydrogen-bond acceptors (Lipinski definition) is 4. The van der Waals surface area contributed by atoms with E-state index in [-0.39, 0.29) is 16.0 Å². The second-order valence-corrected chi connectivity index (χ2v) is 7.70. The largest absolute Gasteiger partial charge is 0.262 e. The van der Waals surface area contributed by atoms with Crippen molar-refractivity contribution in [3.63, 3.8) is 0 Å². The molecule has 2 heterocycles. The molecule has 2 aromatic rings. The Bertz CT molecular complexity index is 761. The fourth-order valence-corrected chi connectivity index (χ4v) is 5.02. The van der Waals surface area contributed by atoms with Crippen LogP contribution in [0.1, 0.15) is 36.7 Å². The van der Waals surface area contributed by atoms with Gasteiger partial charge in [-0.15, -0.1) is 0 Å². The summed E-state index contributed by atoms with van der Waals surface area (Å²) in [6.45, 7) is 2.33. The molecule has 0 aliphatic carbocycles. The van der Waals surface area contributed by atoms with Gasteiger partial charge < -0.3 is 0 Å². The number of H-pyrrole nitrogens is 1. The first-order chi connectivity index (χ1) is 10.5. The van der Waals surface area contributed by atoms with E-state index in [1.165, 1.54) is 10.6 Å². The van der Waals surface area contributed by atoms with Gasteiger partial charge in [-0.25, -0.2) is 13.4 Å². The van der Waals surface area contributed by atoms with E-state index >= 15 is 0 Å². The van der Waals surface area contributed by atoms with Gasteiger partial charge in [0.05, 0.1) is 11.1 Å². The summed E-state index contributed by atoms with van der Waals surface area (Å²) < 4.78 is 27.5. The zero-order chi connectivity index (χ0) is 15.7. The maximum atomic E-state index is 13.0. The zero-order valence-corrected chi connectivity index (χ0v) is 13.7. The topological polar surface area (TPSA) is 79.0 Å². The number of halogens is 1. The van der Waals surface area contributed by atoms with E-state index in [9.17, 15) is 8.42 Å². The number of piperidine rings is 1. The average Bonchev–Trinajstić information content (AvgIpc) is 3.01. The summed E-state index contributed by atoms with van der Waals surface area (Å²) in [5, 5.41) is 6.87. The van der Waals surface area contributed by atoms with Crippen LogP contribution in [0.3, 0.4) is 0 Å². The normalized spacial score (nSPS) is 20.2. The number of sulfonamides is 1. The van der Waals surface area contributed by atoms with Crippen molar-refractivity contribution >= 4 is 21.6 Å². The first kappa shape index (κ1) is 15.5. The van der Waals surface area contributed by atoms with Crippen molar-refractivity contribution in [1.29, 1.82) is 0 Å². The molecule has 0 spiro atoms. The highest BCUT2D eigenvalue weighted by molar-refractivity contribution is 7.89. The van der Waals surface area contributed by atoms with Crippen molar-refractivity contribution in [3.8, 4) is 0 Å². The van der Waals surface area contributed by atoms with Crippen LogP contribution in [-0.2, 0) is 10.0 Å². The van der Waals surface area contributed by atoms with E-state index in [1.54, 1.807) is 18.2 Å². The summed E-state index contributed by atoms with van der Waals surface area (Å²) in [5.74, 6) is 0.575. The Morgan fingerprint density at radius 3 is 2.86 bits per heavy atom. The van der Waals surface area contributed by atoms with Gasteiger partial charge in [0.1, 0.15) is 17.0 Å². The van der Waals surface area contributed by atoms with Crippen LogP contribution < -0.4 is 0 Å². The molecule has 22 heavy (non-hydrogen) atoms. The van der Waals surface area contributed by atoms with Crippen molar-refractivity contribution in [2.24, 2.45) is 0 Å². The zero-order valence-electron chi connectivity index (χ0n) is 12.2. The molecule has 1 saturated heterocycles. The van der Waals surface area contributed by atoms with Crippen LogP contribution in [0.25, 0.3) is 0 Å². The summed E-state index contributed by atoms with van der Waals surface area (Å²) in [4.78, 5) is 4.27. The van der Waals surface area contributed by atoms with Gasteiger partial charge in [0.15, 0.2) is 0 Å². The number of nitrogens with zero attached hydrogens (tertiary/aromatic N) is 3. The molecule has 8 heteroatoms. The summed E-state index contributed by atoms with van der Waals surface area (Å²) in [6, 6.07) is 4.67. The molecule has 1 atom stereocenters. The fourth-order valence-electron chi connectivity index (χ4n) is 2.78. The van der Waals surface area contributed by atoms with Gasteiger partial charge in [-0.3, -0.25) is 5.10 Å². The van der Waals surface area contributed by atoms with Crippen LogP contribution in [0.15, 0.2) is 29.4 Å². The number of hydrogen-bond donors (Lipinski definition) is 1. The van der Waals surface area contributed by atoms with Gasteiger partial charge in [0, 0.05) is 6.54 Å². The number of benzene rings is 1. The third kappa shape index (κ3) is 2.76. The Balaban J connectivity index is 2.02. The van der Waals surface area contributed by atoms with E-state index in [1.807, 2.05) is 6.92 Å². The lowest BCUT2D eigenvalue weighted by molar-refractivity contribution is 0.247. The van der Waals surface area contributed by atoms with Gasteiger partial charge in [-0.05, 0) is 37.5 Å². The molecule has 1 N–H and O–H groups in total. The van der Waals surface area contributed by atoms with Crippen molar-refractivity contribution < 1.29 is 8.42 Å². The number of aryl methyl sites for hydroxylation is 1. The van der Waals surface area contributed by atoms with Gasteiger partial charge in [0.2, 0.25) is 10.0 Å². The van der Waals surface area contributed by atoms with Crippen LogP contribution in [0, 0.1) is 6.92 Å². The fraction of sp³-hybridized carbons (Fsp3) is 0.429. The smallest absolute Gasteiger partial charge is 0.245 e. The Hall–Kier alpha value is -1.44. The van der Waals surface area contributed by atoms with E-state index in [2.05, 4.69) is 15.2 Å². The third-order valence-electron chi connectivity index (χ3n) is 3.88. The maximum Gasteiger partial charge on any atom is 0.245 e. The first-order valence-electron chi connectivity index (χ1n) is 7.13. The molecule has 0 amide bonds. The SMILES string of the molecule is Cc1ccc(S(=O)(=O)N2CCCC[C@@H]2c2ncn[nH]2)c(Cl)c1. The molecule has 1 aromatic heterocycles. The standard InChI is InChI=1S/C14H17ClN4O2S/c1-10-5-6-13(11(15)8-10)22(20,21)19-7-3-2-4-12(19)14-16-9-17-18-14/h5-6,8-9,12H,2-4,7H2,1H3,(H,16,17,18)/t12-/m1/s1. The van der Waals surface area contributed by atoms with Crippen molar-refractivity contribution in [2.75, 3.05) is 6.54 Å². The Kier molecular flexibility index (Phi) is 4.20. The molecule has 6 nitrogen and oxygen atoms in total. The molecule has 1 aliphatic rings. The summed E-state index contributed by atoms with van der Waals surface area (Å²) in [5.41, 5.74) is 0.925. The molecular formula is C14H17ClN4O2S. The predicted molar refractivity (Wildman–Crippen MR) is 83.1 cm³/mol. The lowest BCUT2D eigenvalue weighted by Gasteiger charge is -2.33. The summed E-state index contributed by atoms with van der Waals surface area (Å²) in [7, 11) is -3.67. The maximum absolute atomic E-state index is 13.0. The Labute approximate surface area is 134 Å². The minimum absolute atomic E-state index is 0.145. The second kappa shape index (κ2) is 5.98. The molecule has 118 valence electrons. The molecule has 3 rings (SSSR count). The molecule has 0 radical (unpaired) electrons. The van der Waals surface area contributed by atoms with Crippen LogP contribution in [0.5, 0.6) is 0 Å². The van der Waals surface area contributed by atoms with Crippen molar-refractivity contribution in [2.45, 2.75) is 37.1 Å². The quantitative estimate of drug-likeness (QED) is 0.931. The Morgan fingerprint density at radius 1 is 1.36 bits per heavy atom. The first-order valence-corrected chi connectivity index (χ1v) is 8.95. The minimum atomic E-state index is -3.67. The second-order valence-electron chi connectivity index (χ2n) is 5.43. The third-order valence-corrected chi connectivity index (χ3v) is 6.27.